The van der Waals surface area contributed by atoms with Crippen molar-refractivity contribution in [2.45, 2.75) is 12.8 Å². The molecule has 2 nitrogen and oxygen atoms in total. The normalized spacial score (nSPS) is 22.1. The quantitative estimate of drug-likeness (QED) is 0.515. The first kappa shape index (κ1) is 6.75. The molecule has 0 aromatic heterocycles. The molecule has 1 rings (SSSR count). The molecule has 0 aliphatic heterocycles. The minimum atomic E-state index is 0.0590. The van der Waals surface area contributed by atoms with Crippen LogP contribution < -0.4 is 0 Å². The molecule has 1 aliphatic rings. The summed E-state index contributed by atoms with van der Waals surface area (Å²) in [6.07, 6.45) is 3.29. The van der Waals surface area contributed by atoms with Crippen molar-refractivity contribution in [3.05, 3.63) is 0 Å². The highest BCUT2D eigenvalue weighted by Gasteiger charge is 2.42. The first-order valence-electron chi connectivity index (χ1n) is 3.30. The van der Waals surface area contributed by atoms with Crippen molar-refractivity contribution in [2.75, 3.05) is 20.6 Å². The molecular weight excluding hydrogens is 114 g/mol. The maximum atomic E-state index is 10.4. The van der Waals surface area contributed by atoms with Crippen LogP contribution >= 0.6 is 0 Å². The Kier molecular flexibility index (Phi) is 1.58. The van der Waals surface area contributed by atoms with Crippen LogP contribution in [0.3, 0.4) is 0 Å². The minimum absolute atomic E-state index is 0.0590. The third kappa shape index (κ3) is 1.52. The smallest absolute Gasteiger partial charge is 0.127 e. The van der Waals surface area contributed by atoms with Crippen LogP contribution in [-0.2, 0) is 4.79 Å². The van der Waals surface area contributed by atoms with E-state index < -0.39 is 0 Å². The summed E-state index contributed by atoms with van der Waals surface area (Å²) in [6, 6.07) is 0. The number of hydrogen-bond donors (Lipinski definition) is 0. The molecule has 9 heavy (non-hydrogen) atoms. The van der Waals surface area contributed by atoms with Crippen LogP contribution in [0.25, 0.3) is 0 Å². The molecular formula is C7H13NO. The standard InChI is InChI=1S/C7H13NO/c1-8(2)5-7(6-9)3-4-7/h6H,3-5H2,1-2H3. The van der Waals surface area contributed by atoms with Gasteiger partial charge in [-0.05, 0) is 26.9 Å². The van der Waals surface area contributed by atoms with Crippen molar-refractivity contribution in [1.29, 1.82) is 0 Å². The number of carbonyl (C=O) groups excluding carboxylic acids is 1. The van der Waals surface area contributed by atoms with E-state index in [1.54, 1.807) is 0 Å². The van der Waals surface area contributed by atoms with Gasteiger partial charge in [0.05, 0.1) is 0 Å². The molecule has 0 unspecified atom stereocenters. The van der Waals surface area contributed by atoms with E-state index >= 15 is 0 Å². The molecule has 52 valence electrons. The number of rotatable bonds is 3. The topological polar surface area (TPSA) is 20.3 Å². The van der Waals surface area contributed by atoms with Gasteiger partial charge in [-0.25, -0.2) is 0 Å². The molecule has 0 saturated heterocycles. The van der Waals surface area contributed by atoms with Crippen LogP contribution in [0.4, 0.5) is 0 Å². The van der Waals surface area contributed by atoms with Gasteiger partial charge in [-0.2, -0.15) is 0 Å². The highest BCUT2D eigenvalue weighted by atomic mass is 16.1. The maximum Gasteiger partial charge on any atom is 0.127 e. The van der Waals surface area contributed by atoms with Crippen molar-refractivity contribution in [2.24, 2.45) is 5.41 Å². The SMILES string of the molecule is CN(C)CC1(C=O)CC1. The molecule has 0 aromatic rings. The lowest BCUT2D eigenvalue weighted by Crippen LogP contribution is -2.23. The van der Waals surface area contributed by atoms with E-state index in [4.69, 9.17) is 0 Å². The summed E-state index contributed by atoms with van der Waals surface area (Å²) in [5, 5.41) is 0. The first-order valence-corrected chi connectivity index (χ1v) is 3.30. The van der Waals surface area contributed by atoms with Gasteiger partial charge in [0, 0.05) is 12.0 Å². The van der Waals surface area contributed by atoms with E-state index in [0.717, 1.165) is 25.7 Å². The second-order valence-electron chi connectivity index (χ2n) is 3.22. The van der Waals surface area contributed by atoms with E-state index in [9.17, 15) is 4.79 Å². The molecule has 0 atom stereocenters. The Labute approximate surface area is 55.8 Å². The van der Waals surface area contributed by atoms with Crippen molar-refractivity contribution in [3.8, 4) is 0 Å². The van der Waals surface area contributed by atoms with Gasteiger partial charge in [-0.15, -0.1) is 0 Å². The third-order valence-corrected chi connectivity index (χ3v) is 1.77. The van der Waals surface area contributed by atoms with E-state index in [0.29, 0.717) is 0 Å². The Bertz CT molecular complexity index is 116. The first-order chi connectivity index (χ1) is 4.18. The average molecular weight is 127 g/mol. The summed E-state index contributed by atoms with van der Waals surface area (Å²) >= 11 is 0. The monoisotopic (exact) mass is 127 g/mol. The summed E-state index contributed by atoms with van der Waals surface area (Å²) in [7, 11) is 4.01. The third-order valence-electron chi connectivity index (χ3n) is 1.77. The van der Waals surface area contributed by atoms with Gasteiger partial charge in [-0.1, -0.05) is 0 Å². The van der Waals surface area contributed by atoms with Crippen LogP contribution in [-0.4, -0.2) is 31.8 Å². The van der Waals surface area contributed by atoms with Crippen molar-refractivity contribution >= 4 is 6.29 Å². The van der Waals surface area contributed by atoms with Gasteiger partial charge in [-0.3, -0.25) is 0 Å². The summed E-state index contributed by atoms with van der Waals surface area (Å²) in [4.78, 5) is 12.5. The fraction of sp³-hybridized carbons (Fsp3) is 0.857. The summed E-state index contributed by atoms with van der Waals surface area (Å²) in [5.41, 5.74) is 0.0590. The fourth-order valence-electron chi connectivity index (χ4n) is 1.10. The summed E-state index contributed by atoms with van der Waals surface area (Å²) < 4.78 is 0. The predicted octanol–water partition coefficient (Wildman–Crippen LogP) is 0.527. The Morgan fingerprint density at radius 3 is 2.22 bits per heavy atom. The zero-order chi connectivity index (χ0) is 6.91. The fourth-order valence-corrected chi connectivity index (χ4v) is 1.10. The Morgan fingerprint density at radius 1 is 1.56 bits per heavy atom. The Hall–Kier alpha value is -0.370. The lowest BCUT2D eigenvalue weighted by molar-refractivity contribution is -0.112. The zero-order valence-corrected chi connectivity index (χ0v) is 6.05. The highest BCUT2D eigenvalue weighted by molar-refractivity contribution is 5.63. The van der Waals surface area contributed by atoms with E-state index in [1.165, 1.54) is 0 Å². The van der Waals surface area contributed by atoms with Crippen LogP contribution in [0.5, 0.6) is 0 Å². The maximum absolute atomic E-state index is 10.4. The van der Waals surface area contributed by atoms with E-state index in [1.807, 2.05) is 14.1 Å². The average Bonchev–Trinajstić information content (AvgIpc) is 2.48. The van der Waals surface area contributed by atoms with Gasteiger partial charge in [0.2, 0.25) is 0 Å². The number of aldehydes is 1. The lowest BCUT2D eigenvalue weighted by Gasteiger charge is -2.13. The Balaban J connectivity index is 2.33. The molecule has 0 spiro atoms. The van der Waals surface area contributed by atoms with Crippen LogP contribution in [0.15, 0.2) is 0 Å². The molecule has 0 bridgehead atoms. The molecule has 0 N–H and O–H groups in total. The molecule has 0 aromatic carbocycles. The van der Waals surface area contributed by atoms with E-state index in [-0.39, 0.29) is 5.41 Å². The van der Waals surface area contributed by atoms with Crippen LogP contribution in [0, 0.1) is 5.41 Å². The van der Waals surface area contributed by atoms with Gasteiger partial charge in [0.1, 0.15) is 6.29 Å². The second-order valence-corrected chi connectivity index (χ2v) is 3.22. The molecule has 0 amide bonds. The molecule has 1 fully saturated rings. The highest BCUT2D eigenvalue weighted by Crippen LogP contribution is 2.43. The van der Waals surface area contributed by atoms with Gasteiger partial charge in [0.25, 0.3) is 0 Å². The van der Waals surface area contributed by atoms with Crippen LogP contribution in [0.2, 0.25) is 0 Å². The summed E-state index contributed by atoms with van der Waals surface area (Å²) in [5.74, 6) is 0. The van der Waals surface area contributed by atoms with Gasteiger partial charge >= 0.3 is 0 Å². The molecule has 1 saturated carbocycles. The lowest BCUT2D eigenvalue weighted by atomic mass is 10.1. The summed E-state index contributed by atoms with van der Waals surface area (Å²) in [6.45, 7) is 0.927. The van der Waals surface area contributed by atoms with Crippen LogP contribution in [0.1, 0.15) is 12.8 Å². The van der Waals surface area contributed by atoms with Crippen molar-refractivity contribution < 1.29 is 4.79 Å². The largest absolute Gasteiger partial charge is 0.308 e. The second kappa shape index (κ2) is 2.10. The molecule has 1 aliphatic carbocycles. The molecule has 0 heterocycles. The van der Waals surface area contributed by atoms with Gasteiger partial charge < -0.3 is 9.69 Å². The van der Waals surface area contributed by atoms with E-state index in [2.05, 4.69) is 4.90 Å². The number of carbonyl (C=O) groups is 1. The minimum Gasteiger partial charge on any atom is -0.308 e. The van der Waals surface area contributed by atoms with Crippen molar-refractivity contribution in [3.63, 3.8) is 0 Å². The Morgan fingerprint density at radius 2 is 2.11 bits per heavy atom. The number of hydrogen-bond acceptors (Lipinski definition) is 2. The molecule has 0 radical (unpaired) electrons. The molecule has 2 heteroatoms. The zero-order valence-electron chi connectivity index (χ0n) is 6.05. The van der Waals surface area contributed by atoms with Crippen molar-refractivity contribution in [1.82, 2.24) is 4.90 Å². The van der Waals surface area contributed by atoms with Gasteiger partial charge in [0.15, 0.2) is 0 Å². The number of nitrogens with zero attached hydrogens (tertiary/aromatic N) is 1. The predicted molar refractivity (Wildman–Crippen MR) is 36.3 cm³/mol.